The van der Waals surface area contributed by atoms with Crippen LogP contribution in [0.1, 0.15) is 49.3 Å². The fraction of sp³-hybridized carbons (Fsp3) is 0.533. The van der Waals surface area contributed by atoms with E-state index < -0.39 is 0 Å². The van der Waals surface area contributed by atoms with Gasteiger partial charge in [0.05, 0.1) is 6.07 Å². The number of rotatable bonds is 3. The Morgan fingerprint density at radius 3 is 2.59 bits per heavy atom. The maximum Gasteiger partial charge on any atom is 0.121 e. The highest BCUT2D eigenvalue weighted by Crippen LogP contribution is 2.22. The third-order valence-electron chi connectivity index (χ3n) is 3.64. The van der Waals surface area contributed by atoms with Gasteiger partial charge in [-0.15, -0.1) is 0 Å². The van der Waals surface area contributed by atoms with Gasteiger partial charge in [0.2, 0.25) is 0 Å². The average molecular weight is 228 g/mol. The van der Waals surface area contributed by atoms with Gasteiger partial charge in [-0.25, -0.2) is 0 Å². The molecular weight excluding hydrogens is 208 g/mol. The predicted molar refractivity (Wildman–Crippen MR) is 69.5 cm³/mol. The van der Waals surface area contributed by atoms with Crippen molar-refractivity contribution in [2.24, 2.45) is 0 Å². The van der Waals surface area contributed by atoms with Gasteiger partial charge in [-0.05, 0) is 30.9 Å². The Morgan fingerprint density at radius 2 is 1.94 bits per heavy atom. The van der Waals surface area contributed by atoms with Crippen LogP contribution in [0.15, 0.2) is 24.3 Å². The number of nitriles is 1. The zero-order chi connectivity index (χ0) is 12.1. The van der Waals surface area contributed by atoms with Gasteiger partial charge in [0.1, 0.15) is 6.04 Å². The van der Waals surface area contributed by atoms with Crippen LogP contribution in [0.25, 0.3) is 0 Å². The Bertz CT molecular complexity index is 400. The molecule has 1 aliphatic rings. The lowest BCUT2D eigenvalue weighted by molar-refractivity contribution is 0.359. The summed E-state index contributed by atoms with van der Waals surface area (Å²) in [6.45, 7) is 2.07. The van der Waals surface area contributed by atoms with Crippen molar-refractivity contribution < 1.29 is 0 Å². The largest absolute Gasteiger partial charge is 0.295 e. The third-order valence-corrected chi connectivity index (χ3v) is 3.64. The molecule has 0 spiro atoms. The zero-order valence-electron chi connectivity index (χ0n) is 10.4. The number of nitrogens with zero attached hydrogens (tertiary/aromatic N) is 1. The van der Waals surface area contributed by atoms with E-state index in [1.165, 1.54) is 37.7 Å². The van der Waals surface area contributed by atoms with Crippen LogP contribution in [0.2, 0.25) is 0 Å². The molecule has 1 fully saturated rings. The normalized spacial score (nSPS) is 18.6. The molecule has 0 heterocycles. The molecular formula is C15H20N2. The fourth-order valence-corrected chi connectivity index (χ4v) is 2.61. The minimum atomic E-state index is -0.153. The molecule has 2 rings (SSSR count). The molecule has 1 atom stereocenters. The predicted octanol–water partition coefficient (Wildman–Crippen LogP) is 3.48. The summed E-state index contributed by atoms with van der Waals surface area (Å²) in [4.78, 5) is 0. The highest BCUT2D eigenvalue weighted by molar-refractivity contribution is 5.32. The van der Waals surface area contributed by atoms with Crippen LogP contribution in [0.3, 0.4) is 0 Å². The Morgan fingerprint density at radius 1 is 1.24 bits per heavy atom. The molecule has 0 aliphatic heterocycles. The molecule has 1 N–H and O–H groups in total. The van der Waals surface area contributed by atoms with Crippen LogP contribution in [0.5, 0.6) is 0 Å². The van der Waals surface area contributed by atoms with Crippen molar-refractivity contribution in [2.75, 3.05) is 0 Å². The molecule has 0 radical (unpaired) electrons. The molecule has 0 amide bonds. The lowest BCUT2D eigenvalue weighted by atomic mass is 9.93. The van der Waals surface area contributed by atoms with Crippen molar-refractivity contribution in [2.45, 2.75) is 51.1 Å². The maximum atomic E-state index is 9.32. The van der Waals surface area contributed by atoms with Crippen LogP contribution < -0.4 is 5.32 Å². The first-order chi connectivity index (χ1) is 8.31. The van der Waals surface area contributed by atoms with E-state index in [1.54, 1.807) is 0 Å². The van der Waals surface area contributed by atoms with E-state index in [2.05, 4.69) is 30.4 Å². The summed E-state index contributed by atoms with van der Waals surface area (Å²) in [5.74, 6) is 0. The lowest BCUT2D eigenvalue weighted by Crippen LogP contribution is -2.34. The minimum absolute atomic E-state index is 0.153. The zero-order valence-corrected chi connectivity index (χ0v) is 10.4. The van der Waals surface area contributed by atoms with Crippen LogP contribution >= 0.6 is 0 Å². The molecule has 90 valence electrons. The molecule has 17 heavy (non-hydrogen) atoms. The molecule has 2 nitrogen and oxygen atoms in total. The Hall–Kier alpha value is -1.33. The number of hydrogen-bond donors (Lipinski definition) is 1. The van der Waals surface area contributed by atoms with Crippen molar-refractivity contribution in [3.05, 3.63) is 35.4 Å². The van der Waals surface area contributed by atoms with Crippen molar-refractivity contribution in [3.63, 3.8) is 0 Å². The van der Waals surface area contributed by atoms with E-state index in [1.807, 2.05) is 12.1 Å². The fourth-order valence-electron chi connectivity index (χ4n) is 2.61. The number of aryl methyl sites for hydroxylation is 1. The minimum Gasteiger partial charge on any atom is -0.295 e. The third kappa shape index (κ3) is 3.08. The molecule has 1 aromatic rings. The van der Waals surface area contributed by atoms with E-state index in [-0.39, 0.29) is 6.04 Å². The number of benzene rings is 1. The molecule has 1 unspecified atom stereocenters. The first kappa shape index (κ1) is 12.1. The molecule has 0 aromatic heterocycles. The highest BCUT2D eigenvalue weighted by atomic mass is 14.9. The van der Waals surface area contributed by atoms with Crippen LogP contribution in [-0.2, 0) is 0 Å². The summed E-state index contributed by atoms with van der Waals surface area (Å²) in [6, 6.07) is 10.9. The molecule has 1 aromatic carbocycles. The van der Waals surface area contributed by atoms with Gasteiger partial charge in [0.15, 0.2) is 0 Å². The van der Waals surface area contributed by atoms with Crippen molar-refractivity contribution in [1.29, 1.82) is 5.26 Å². The highest BCUT2D eigenvalue weighted by Gasteiger charge is 2.19. The topological polar surface area (TPSA) is 35.8 Å². The van der Waals surface area contributed by atoms with Gasteiger partial charge in [0.25, 0.3) is 0 Å². The maximum absolute atomic E-state index is 9.32. The summed E-state index contributed by atoms with van der Waals surface area (Å²) < 4.78 is 0. The first-order valence-corrected chi connectivity index (χ1v) is 6.52. The van der Waals surface area contributed by atoms with E-state index in [9.17, 15) is 5.26 Å². The average Bonchev–Trinajstić information content (AvgIpc) is 2.38. The summed E-state index contributed by atoms with van der Waals surface area (Å²) in [6.07, 6.45) is 6.36. The van der Waals surface area contributed by atoms with E-state index in [4.69, 9.17) is 0 Å². The van der Waals surface area contributed by atoms with Gasteiger partial charge < -0.3 is 0 Å². The molecule has 2 heteroatoms. The van der Waals surface area contributed by atoms with Gasteiger partial charge in [-0.2, -0.15) is 5.26 Å². The SMILES string of the molecule is Cc1ccccc1C(C#N)NC1CCCCC1. The van der Waals surface area contributed by atoms with E-state index in [0.717, 1.165) is 5.56 Å². The van der Waals surface area contributed by atoms with Crippen molar-refractivity contribution >= 4 is 0 Å². The quantitative estimate of drug-likeness (QED) is 0.859. The lowest BCUT2D eigenvalue weighted by Gasteiger charge is -2.26. The summed E-state index contributed by atoms with van der Waals surface area (Å²) in [7, 11) is 0. The van der Waals surface area contributed by atoms with Gasteiger partial charge in [-0.1, -0.05) is 43.5 Å². The monoisotopic (exact) mass is 228 g/mol. The Balaban J connectivity index is 2.06. The van der Waals surface area contributed by atoms with E-state index >= 15 is 0 Å². The van der Waals surface area contributed by atoms with Gasteiger partial charge >= 0.3 is 0 Å². The summed E-state index contributed by atoms with van der Waals surface area (Å²) in [5.41, 5.74) is 2.32. The molecule has 1 aliphatic carbocycles. The molecule has 0 bridgehead atoms. The number of nitrogens with one attached hydrogen (secondary N) is 1. The van der Waals surface area contributed by atoms with Crippen LogP contribution in [0.4, 0.5) is 0 Å². The Labute approximate surface area is 104 Å². The molecule has 1 saturated carbocycles. The van der Waals surface area contributed by atoms with E-state index in [0.29, 0.717) is 6.04 Å². The number of hydrogen-bond acceptors (Lipinski definition) is 2. The van der Waals surface area contributed by atoms with Crippen LogP contribution in [0, 0.1) is 18.3 Å². The standard InChI is InChI=1S/C15H20N2/c1-12-7-5-6-10-14(12)15(11-16)17-13-8-3-2-4-9-13/h5-7,10,13,15,17H,2-4,8-9H2,1H3. The molecule has 0 saturated heterocycles. The second-order valence-electron chi connectivity index (χ2n) is 4.92. The Kier molecular flexibility index (Phi) is 4.17. The van der Waals surface area contributed by atoms with Gasteiger partial charge in [0, 0.05) is 6.04 Å². The second-order valence-corrected chi connectivity index (χ2v) is 4.92. The van der Waals surface area contributed by atoms with Gasteiger partial charge in [-0.3, -0.25) is 5.32 Å². The first-order valence-electron chi connectivity index (χ1n) is 6.52. The summed E-state index contributed by atoms with van der Waals surface area (Å²) >= 11 is 0. The second kappa shape index (κ2) is 5.84. The smallest absolute Gasteiger partial charge is 0.121 e. The summed E-state index contributed by atoms with van der Waals surface area (Å²) in [5, 5.41) is 12.8. The van der Waals surface area contributed by atoms with Crippen molar-refractivity contribution in [3.8, 4) is 6.07 Å². The van der Waals surface area contributed by atoms with Crippen LogP contribution in [-0.4, -0.2) is 6.04 Å². The van der Waals surface area contributed by atoms with Crippen molar-refractivity contribution in [1.82, 2.24) is 5.32 Å².